The van der Waals surface area contributed by atoms with Gasteiger partial charge < -0.3 is 82.3 Å². The predicted octanol–water partition coefficient (Wildman–Crippen LogP) is -5.36. The van der Waals surface area contributed by atoms with Crippen LogP contribution in [0.1, 0.15) is 84.0 Å². The molecule has 0 unspecified atom stereocenters. The summed E-state index contributed by atoms with van der Waals surface area (Å²) < 4.78 is 0. The number of aliphatic hydroxyl groups excluding tert-OH is 4. The van der Waals surface area contributed by atoms with Crippen LogP contribution in [0.3, 0.4) is 0 Å². The van der Waals surface area contributed by atoms with Crippen molar-refractivity contribution in [1.29, 1.82) is 0 Å². The van der Waals surface area contributed by atoms with Gasteiger partial charge >= 0.3 is 5.97 Å². The lowest BCUT2D eigenvalue weighted by atomic mass is 10.1. The number of rotatable bonds is 26. The van der Waals surface area contributed by atoms with Crippen LogP contribution in [0.2, 0.25) is 0 Å². The SMILES string of the molecule is CSCC[C@H](NC(=O)[C@@H](N)CCSC)C(=O)N1CCC[C@H]1C(=O)N1CCC[C@H]1C(=O)N1CCC[C@H]1C(=O)N[C@H](C(=O)N[C@@H](CO)C(=O)N1CCC[C@H]1C(=O)N[C@@H](CO)C(=O)N1CCC[C@H]1C(=O)N[C@@H](CO)C(=O)O)[C@@H](C)O. The smallest absolute Gasteiger partial charge is 0.328 e. The summed E-state index contributed by atoms with van der Waals surface area (Å²) in [5.74, 6) is -7.48. The number of hydrogen-bond donors (Lipinski definition) is 11. The number of likely N-dealkylation sites (tertiary alicyclic amines) is 5. The van der Waals surface area contributed by atoms with Crippen LogP contribution in [0.4, 0.5) is 0 Å². The van der Waals surface area contributed by atoms with E-state index in [9.17, 15) is 78.3 Å². The number of nitrogens with two attached hydrogens (primary N) is 1. The summed E-state index contributed by atoms with van der Waals surface area (Å²) in [5.41, 5.74) is 6.11. The van der Waals surface area contributed by atoms with Crippen LogP contribution >= 0.6 is 23.5 Å². The second-order valence-corrected chi connectivity index (χ2v) is 21.9. The first-order valence-electron chi connectivity index (χ1n) is 26.3. The molecule has 5 rings (SSSR count). The molecule has 432 valence electrons. The summed E-state index contributed by atoms with van der Waals surface area (Å²) in [5, 5.41) is 62.1. The first-order chi connectivity index (χ1) is 36.7. The molecule has 27 nitrogen and oxygen atoms in total. The van der Waals surface area contributed by atoms with Gasteiger partial charge in [0.15, 0.2) is 0 Å². The molecule has 0 aromatic carbocycles. The number of carbonyl (C=O) groups is 11. The van der Waals surface area contributed by atoms with E-state index in [2.05, 4.69) is 26.6 Å². The Kier molecular flexibility index (Phi) is 24.0. The minimum absolute atomic E-state index is 0.0269. The Morgan fingerprint density at radius 2 is 0.844 bits per heavy atom. The van der Waals surface area contributed by atoms with E-state index in [1.54, 1.807) is 11.8 Å². The van der Waals surface area contributed by atoms with Crippen LogP contribution in [0, 0.1) is 0 Å². The molecule has 5 heterocycles. The largest absolute Gasteiger partial charge is 0.480 e. The van der Waals surface area contributed by atoms with Gasteiger partial charge in [-0.05, 0) is 108 Å². The number of thioether (sulfide) groups is 2. The fourth-order valence-electron chi connectivity index (χ4n) is 10.6. The van der Waals surface area contributed by atoms with Crippen molar-refractivity contribution in [3.8, 4) is 0 Å². The highest BCUT2D eigenvalue weighted by Gasteiger charge is 2.48. The van der Waals surface area contributed by atoms with Crippen molar-refractivity contribution in [3.05, 3.63) is 0 Å². The Morgan fingerprint density at radius 3 is 1.30 bits per heavy atom. The maximum Gasteiger partial charge on any atom is 0.328 e. The molecule has 0 aromatic rings. The van der Waals surface area contributed by atoms with Crippen molar-refractivity contribution in [3.63, 3.8) is 0 Å². The fourth-order valence-corrected chi connectivity index (χ4v) is 11.6. The standard InChI is InChI=1S/C48H77N11O16S2/c1-26(63)37(42(68)52-30(24-61)45(71)55-16-4-9-32(55)39(65)51-29(23-60)44(70)56-17-5-10-33(56)40(66)53-31(25-62)48(74)75)54-41(67)34-11-6-18-57(34)46(72)36-13-8-20-59(36)47(73)35-12-7-19-58(35)43(69)28(15-22-77-3)50-38(64)27(49)14-21-76-2/h26-37,60-63H,4-25,49H2,1-3H3,(H,50,64)(H,51,65)(H,52,68)(H,53,66)(H,54,67)(H,74,75)/t26-,27+,28+,29+,30+,31+,32+,33+,34+,35+,36+,37+/m1/s1. The van der Waals surface area contributed by atoms with Gasteiger partial charge in [-0.25, -0.2) is 4.79 Å². The third-order valence-electron chi connectivity index (χ3n) is 14.8. The number of amides is 10. The maximum absolute atomic E-state index is 14.4. The number of nitrogens with one attached hydrogen (secondary N) is 5. The molecule has 5 aliphatic rings. The lowest BCUT2D eigenvalue weighted by Gasteiger charge is -2.35. The molecule has 0 radical (unpaired) electrons. The van der Waals surface area contributed by atoms with Gasteiger partial charge in [0.1, 0.15) is 60.4 Å². The van der Waals surface area contributed by atoms with Crippen molar-refractivity contribution < 1.29 is 78.3 Å². The molecular weight excluding hydrogens is 1050 g/mol. The minimum atomic E-state index is -1.71. The summed E-state index contributed by atoms with van der Waals surface area (Å²) in [4.78, 5) is 155. The van der Waals surface area contributed by atoms with E-state index in [1.165, 1.54) is 33.4 Å². The zero-order chi connectivity index (χ0) is 56.7. The number of aliphatic carboxylic acids is 1. The van der Waals surface area contributed by atoms with E-state index in [-0.39, 0.29) is 64.8 Å². The number of hydrogen-bond acceptors (Lipinski definition) is 18. The van der Waals surface area contributed by atoms with E-state index < -0.39 is 157 Å². The molecule has 0 aliphatic carbocycles. The average Bonchev–Trinajstić information content (AvgIpc) is 4.29. The number of nitrogens with zero attached hydrogens (tertiary/aromatic N) is 5. The van der Waals surface area contributed by atoms with Crippen LogP contribution in [0.5, 0.6) is 0 Å². The molecule has 29 heteroatoms. The second kappa shape index (κ2) is 29.6. The third kappa shape index (κ3) is 15.5. The molecule has 77 heavy (non-hydrogen) atoms. The number of aliphatic hydroxyl groups is 4. The maximum atomic E-state index is 14.4. The van der Waals surface area contributed by atoms with Crippen LogP contribution in [0.15, 0.2) is 0 Å². The summed E-state index contributed by atoms with van der Waals surface area (Å²) in [7, 11) is 0. The molecule has 10 amide bonds. The summed E-state index contributed by atoms with van der Waals surface area (Å²) in [6.07, 6.45) is 5.96. The fraction of sp³-hybridized carbons (Fsp3) is 0.771. The lowest BCUT2D eigenvalue weighted by molar-refractivity contribution is -0.151. The van der Waals surface area contributed by atoms with Crippen LogP contribution in [0.25, 0.3) is 0 Å². The third-order valence-corrected chi connectivity index (χ3v) is 16.1. The van der Waals surface area contributed by atoms with Gasteiger partial charge in [-0.3, -0.25) is 47.9 Å². The highest BCUT2D eigenvalue weighted by molar-refractivity contribution is 7.98. The van der Waals surface area contributed by atoms with Crippen molar-refractivity contribution in [2.45, 2.75) is 157 Å². The molecule has 5 fully saturated rings. The van der Waals surface area contributed by atoms with E-state index >= 15 is 0 Å². The molecule has 5 aliphatic heterocycles. The molecule has 0 bridgehead atoms. The van der Waals surface area contributed by atoms with Gasteiger partial charge in [0.05, 0.1) is 32.0 Å². The monoisotopic (exact) mass is 1130 g/mol. The molecule has 0 aromatic heterocycles. The van der Waals surface area contributed by atoms with E-state index in [4.69, 9.17) is 5.73 Å². The molecule has 12 N–H and O–H groups in total. The molecule has 5 saturated heterocycles. The lowest BCUT2D eigenvalue weighted by Crippen LogP contribution is -2.62. The first-order valence-corrected chi connectivity index (χ1v) is 29.0. The summed E-state index contributed by atoms with van der Waals surface area (Å²) in [6, 6.07) is -13.7. The predicted molar refractivity (Wildman–Crippen MR) is 278 cm³/mol. The van der Waals surface area contributed by atoms with Crippen LogP contribution in [-0.4, -0.2) is 264 Å². The van der Waals surface area contributed by atoms with Gasteiger partial charge in [-0.15, -0.1) is 0 Å². The average molecular weight is 1130 g/mol. The van der Waals surface area contributed by atoms with Crippen molar-refractivity contribution in [2.75, 3.05) is 76.6 Å². The molecule has 0 spiro atoms. The Labute approximate surface area is 455 Å². The van der Waals surface area contributed by atoms with Crippen LogP contribution < -0.4 is 32.3 Å². The quantitative estimate of drug-likeness (QED) is 0.0385. The van der Waals surface area contributed by atoms with Gasteiger partial charge in [0.2, 0.25) is 59.1 Å². The second-order valence-electron chi connectivity index (χ2n) is 20.0. The van der Waals surface area contributed by atoms with E-state index in [0.29, 0.717) is 56.5 Å². The Bertz CT molecular complexity index is 2160. The molecule has 0 saturated carbocycles. The minimum Gasteiger partial charge on any atom is -0.480 e. The Morgan fingerprint density at radius 1 is 0.494 bits per heavy atom. The summed E-state index contributed by atoms with van der Waals surface area (Å²) in [6.45, 7) is -0.962. The number of carboxylic acid groups (broad SMARTS) is 1. The highest BCUT2D eigenvalue weighted by Crippen LogP contribution is 2.30. The van der Waals surface area contributed by atoms with Crippen molar-refractivity contribution in [1.82, 2.24) is 51.1 Å². The van der Waals surface area contributed by atoms with Gasteiger partial charge in [0, 0.05) is 32.7 Å². The van der Waals surface area contributed by atoms with Gasteiger partial charge in [0.25, 0.3) is 0 Å². The van der Waals surface area contributed by atoms with Crippen molar-refractivity contribution in [2.24, 2.45) is 5.73 Å². The first kappa shape index (κ1) is 62.5. The van der Waals surface area contributed by atoms with Gasteiger partial charge in [-0.1, -0.05) is 0 Å². The normalized spacial score (nSPS) is 24.1. The van der Waals surface area contributed by atoms with E-state index in [1.807, 2.05) is 12.5 Å². The molecule has 12 atom stereocenters. The van der Waals surface area contributed by atoms with Crippen molar-refractivity contribution >= 4 is 88.6 Å². The zero-order valence-corrected chi connectivity index (χ0v) is 45.5. The Hall–Kier alpha value is -5.33. The number of carboxylic acids is 1. The van der Waals surface area contributed by atoms with E-state index in [0.717, 1.165) is 9.80 Å². The zero-order valence-electron chi connectivity index (χ0n) is 43.8. The Balaban J connectivity index is 1.19. The highest BCUT2D eigenvalue weighted by atomic mass is 32.2. The molecular formula is C48H77N11O16S2. The van der Waals surface area contributed by atoms with Crippen LogP contribution in [-0.2, 0) is 52.7 Å². The topological polar surface area (TPSA) is 391 Å². The number of carbonyl (C=O) groups excluding carboxylic acids is 10. The van der Waals surface area contributed by atoms with Gasteiger partial charge in [-0.2, -0.15) is 23.5 Å². The summed E-state index contributed by atoms with van der Waals surface area (Å²) >= 11 is 3.05.